The van der Waals surface area contributed by atoms with Gasteiger partial charge in [-0.25, -0.2) is 4.18 Å². The van der Waals surface area contributed by atoms with Gasteiger partial charge < -0.3 is 40.3 Å². The number of aliphatic hydroxyl groups excluding tert-OH is 5. The molecule has 0 aromatic heterocycles. The van der Waals surface area contributed by atoms with E-state index >= 15 is 0 Å². The standard InChI is InChI=1S/C36H69NO12S/c1-3-5-7-9-11-13-15-17-18-20-22-24-29(39)28(37-35(43)30(40)25-23-21-19-16-14-12-10-8-6-4-2)27-47-36-33(42)34(49-50(44,45)46)32(41)31(26-38)48-36/h22,24,28-34,36,38-42H,3-21,23,25-27H2,1-2H3,(H,37,43)(H,44,45,46)/b24-22+. The predicted molar refractivity (Wildman–Crippen MR) is 192 cm³/mol. The third-order valence-corrected chi connectivity index (χ3v) is 9.64. The minimum atomic E-state index is -5.11. The van der Waals surface area contributed by atoms with Crippen LogP contribution in [0.25, 0.3) is 0 Å². The summed E-state index contributed by atoms with van der Waals surface area (Å²) in [6.45, 7) is 3.14. The van der Waals surface area contributed by atoms with E-state index in [9.17, 15) is 38.7 Å². The van der Waals surface area contributed by atoms with Gasteiger partial charge in [-0.2, -0.15) is 8.42 Å². The van der Waals surface area contributed by atoms with Crippen LogP contribution in [0.3, 0.4) is 0 Å². The number of ether oxygens (including phenoxy) is 2. The molecular formula is C36H69NO12S. The molecule has 13 nitrogen and oxygen atoms in total. The van der Waals surface area contributed by atoms with Gasteiger partial charge in [-0.15, -0.1) is 0 Å². The molecule has 0 bridgehead atoms. The highest BCUT2D eigenvalue weighted by Gasteiger charge is 2.48. The molecule has 50 heavy (non-hydrogen) atoms. The van der Waals surface area contributed by atoms with Gasteiger partial charge in [-0.05, 0) is 19.3 Å². The summed E-state index contributed by atoms with van der Waals surface area (Å²) in [6.07, 6.45) is 14.7. The molecule has 1 heterocycles. The van der Waals surface area contributed by atoms with Crippen molar-refractivity contribution in [1.82, 2.24) is 5.32 Å². The number of carbonyl (C=O) groups is 1. The number of rotatable bonds is 31. The fraction of sp³-hybridized carbons (Fsp3) is 0.917. The number of nitrogens with one attached hydrogen (secondary N) is 1. The molecule has 1 aliphatic heterocycles. The van der Waals surface area contributed by atoms with Gasteiger partial charge >= 0.3 is 10.4 Å². The summed E-state index contributed by atoms with van der Waals surface area (Å²) in [5.41, 5.74) is 0. The Morgan fingerprint density at radius 1 is 0.800 bits per heavy atom. The van der Waals surface area contributed by atoms with E-state index in [4.69, 9.17) is 14.0 Å². The van der Waals surface area contributed by atoms with Crippen molar-refractivity contribution in [2.45, 2.75) is 198 Å². The first kappa shape index (κ1) is 46.8. The molecule has 1 aliphatic rings. The highest BCUT2D eigenvalue weighted by Crippen LogP contribution is 2.26. The largest absolute Gasteiger partial charge is 0.397 e. The van der Waals surface area contributed by atoms with Gasteiger partial charge in [0.1, 0.15) is 30.5 Å². The first-order valence-corrected chi connectivity index (χ1v) is 20.5. The maximum absolute atomic E-state index is 13.0. The zero-order valence-corrected chi connectivity index (χ0v) is 31.4. The van der Waals surface area contributed by atoms with Crippen LogP contribution in [-0.2, 0) is 28.9 Å². The molecule has 0 saturated carbocycles. The Morgan fingerprint density at radius 2 is 1.30 bits per heavy atom. The summed E-state index contributed by atoms with van der Waals surface area (Å²) in [7, 11) is -5.11. The number of hydrogen-bond acceptors (Lipinski definition) is 11. The summed E-state index contributed by atoms with van der Waals surface area (Å²) >= 11 is 0. The normalized spacial score (nSPS) is 23.2. The van der Waals surface area contributed by atoms with Crippen molar-refractivity contribution in [3.8, 4) is 0 Å². The van der Waals surface area contributed by atoms with E-state index in [0.717, 1.165) is 38.5 Å². The van der Waals surface area contributed by atoms with Gasteiger partial charge in [0.15, 0.2) is 6.29 Å². The van der Waals surface area contributed by atoms with Crippen LogP contribution in [-0.4, -0.2) is 107 Å². The van der Waals surface area contributed by atoms with Gasteiger partial charge in [0.2, 0.25) is 5.91 Å². The monoisotopic (exact) mass is 739 g/mol. The Morgan fingerprint density at radius 3 is 1.80 bits per heavy atom. The molecule has 0 aromatic rings. The average Bonchev–Trinajstić information content (AvgIpc) is 3.08. The third kappa shape index (κ3) is 21.4. The summed E-state index contributed by atoms with van der Waals surface area (Å²) in [5.74, 6) is -0.706. The van der Waals surface area contributed by atoms with Crippen LogP contribution < -0.4 is 5.32 Å². The molecule has 7 N–H and O–H groups in total. The second kappa shape index (κ2) is 28.3. The van der Waals surface area contributed by atoms with E-state index in [1.807, 2.05) is 6.08 Å². The molecule has 0 radical (unpaired) electrons. The van der Waals surface area contributed by atoms with Crippen molar-refractivity contribution in [3.05, 3.63) is 12.2 Å². The Bertz CT molecular complexity index is 984. The summed E-state index contributed by atoms with van der Waals surface area (Å²) in [6, 6.07) is -1.11. The number of hydrogen-bond donors (Lipinski definition) is 7. The minimum Gasteiger partial charge on any atom is -0.394 e. The molecular weight excluding hydrogens is 670 g/mol. The number of carbonyl (C=O) groups excluding carboxylic acids is 1. The lowest BCUT2D eigenvalue weighted by Crippen LogP contribution is -2.61. The first-order chi connectivity index (χ1) is 23.9. The van der Waals surface area contributed by atoms with Gasteiger partial charge in [0, 0.05) is 0 Å². The lowest BCUT2D eigenvalue weighted by atomic mass is 9.99. The van der Waals surface area contributed by atoms with Crippen LogP contribution in [0, 0.1) is 0 Å². The zero-order valence-electron chi connectivity index (χ0n) is 30.6. The quantitative estimate of drug-likeness (QED) is 0.0295. The van der Waals surface area contributed by atoms with Crippen molar-refractivity contribution in [2.24, 2.45) is 0 Å². The van der Waals surface area contributed by atoms with Gasteiger partial charge in [0.25, 0.3) is 0 Å². The van der Waals surface area contributed by atoms with Crippen molar-refractivity contribution >= 4 is 16.3 Å². The van der Waals surface area contributed by atoms with Crippen LogP contribution >= 0.6 is 0 Å². The fourth-order valence-corrected chi connectivity index (χ4v) is 6.56. The molecule has 14 heteroatoms. The maximum atomic E-state index is 13.0. The third-order valence-electron chi connectivity index (χ3n) is 9.18. The topological polar surface area (TPSA) is 212 Å². The molecule has 0 spiro atoms. The average molecular weight is 740 g/mol. The smallest absolute Gasteiger partial charge is 0.394 e. The molecule has 0 aliphatic carbocycles. The molecule has 0 aromatic carbocycles. The van der Waals surface area contributed by atoms with E-state index in [1.165, 1.54) is 83.1 Å². The predicted octanol–water partition coefficient (Wildman–Crippen LogP) is 4.62. The Hall–Kier alpha value is -1.20. The SMILES string of the molecule is CCCCCCCCCCC/C=C/C(O)C(COC1OC(CO)C(O)C(OS(=O)(=O)O)C1O)NC(=O)C(O)CCCCCCCCCCCC. The van der Waals surface area contributed by atoms with Crippen LogP contribution in [0.5, 0.6) is 0 Å². The van der Waals surface area contributed by atoms with Crippen molar-refractivity contribution in [3.63, 3.8) is 0 Å². The lowest BCUT2D eigenvalue weighted by Gasteiger charge is -2.41. The molecule has 8 unspecified atom stereocenters. The molecule has 296 valence electrons. The Labute approximate surface area is 301 Å². The molecule has 1 rings (SSSR count). The van der Waals surface area contributed by atoms with E-state index in [0.29, 0.717) is 12.8 Å². The van der Waals surface area contributed by atoms with Crippen LogP contribution in [0.4, 0.5) is 0 Å². The number of aliphatic hydroxyl groups is 5. The zero-order chi connectivity index (χ0) is 37.2. The van der Waals surface area contributed by atoms with Crippen LogP contribution in [0.2, 0.25) is 0 Å². The first-order valence-electron chi connectivity index (χ1n) is 19.2. The van der Waals surface area contributed by atoms with Gasteiger partial charge in [-0.3, -0.25) is 9.35 Å². The van der Waals surface area contributed by atoms with Crippen LogP contribution in [0.15, 0.2) is 12.2 Å². The van der Waals surface area contributed by atoms with Crippen molar-refractivity contribution in [1.29, 1.82) is 0 Å². The molecule has 1 fully saturated rings. The fourth-order valence-electron chi connectivity index (χ4n) is 6.05. The number of allylic oxidation sites excluding steroid dienone is 1. The highest BCUT2D eigenvalue weighted by atomic mass is 32.3. The number of amides is 1. The minimum absolute atomic E-state index is 0.246. The van der Waals surface area contributed by atoms with E-state index in [-0.39, 0.29) is 6.42 Å². The molecule has 1 amide bonds. The van der Waals surface area contributed by atoms with Gasteiger partial charge in [0.05, 0.1) is 25.4 Å². The Kier molecular flexibility index (Phi) is 26.5. The second-order valence-corrected chi connectivity index (χ2v) is 14.7. The van der Waals surface area contributed by atoms with E-state index in [2.05, 4.69) is 23.3 Å². The highest BCUT2D eigenvalue weighted by molar-refractivity contribution is 7.80. The van der Waals surface area contributed by atoms with Crippen molar-refractivity contribution < 1.29 is 57.0 Å². The number of unbranched alkanes of at least 4 members (excludes halogenated alkanes) is 18. The molecule has 8 atom stereocenters. The summed E-state index contributed by atoms with van der Waals surface area (Å²) in [4.78, 5) is 13.0. The second-order valence-electron chi connectivity index (χ2n) is 13.7. The van der Waals surface area contributed by atoms with Crippen LogP contribution in [0.1, 0.15) is 149 Å². The summed E-state index contributed by atoms with van der Waals surface area (Å²) < 4.78 is 47.2. The van der Waals surface area contributed by atoms with Gasteiger partial charge in [-0.1, -0.05) is 142 Å². The van der Waals surface area contributed by atoms with E-state index < -0.39 is 78.5 Å². The lowest BCUT2D eigenvalue weighted by molar-refractivity contribution is -0.298. The van der Waals surface area contributed by atoms with E-state index in [1.54, 1.807) is 0 Å². The summed E-state index contributed by atoms with van der Waals surface area (Å²) in [5, 5.41) is 54.7. The molecule has 1 saturated heterocycles. The maximum Gasteiger partial charge on any atom is 0.397 e. The van der Waals surface area contributed by atoms with Crippen molar-refractivity contribution in [2.75, 3.05) is 13.2 Å². The Balaban J connectivity index is 2.73.